The van der Waals surface area contributed by atoms with Crippen LogP contribution in [0.15, 0.2) is 24.3 Å². The van der Waals surface area contributed by atoms with Gasteiger partial charge in [-0.1, -0.05) is 18.2 Å². The molecular weight excluding hydrogens is 281 g/mol. The Balaban J connectivity index is 1.48. The van der Waals surface area contributed by atoms with Gasteiger partial charge in [-0.15, -0.1) is 0 Å². The molecule has 1 aromatic rings. The number of nitrogens with zero attached hydrogens (tertiary/aromatic N) is 2. The zero-order valence-corrected chi connectivity index (χ0v) is 12.9. The summed E-state index contributed by atoms with van der Waals surface area (Å²) in [7, 11) is 0. The lowest BCUT2D eigenvalue weighted by atomic mass is 10.2. The molecule has 4 nitrogen and oxygen atoms in total. The standard InChI is InChI=1S/C17H24FN3O/c18-16-5-2-1-4-15(16)13-20-8-3-9-21(11-10-20)17(22)19-12-14-6-7-14/h1-2,4-5,14H,3,6-13H2,(H,19,22). The van der Waals surface area contributed by atoms with E-state index in [0.29, 0.717) is 19.0 Å². The van der Waals surface area contributed by atoms with E-state index in [9.17, 15) is 9.18 Å². The summed E-state index contributed by atoms with van der Waals surface area (Å²) in [5, 5.41) is 3.02. The van der Waals surface area contributed by atoms with Gasteiger partial charge in [0.25, 0.3) is 0 Å². The minimum Gasteiger partial charge on any atom is -0.338 e. The van der Waals surface area contributed by atoms with Crippen LogP contribution in [0.1, 0.15) is 24.8 Å². The topological polar surface area (TPSA) is 35.6 Å². The van der Waals surface area contributed by atoms with Gasteiger partial charge in [-0.3, -0.25) is 4.90 Å². The summed E-state index contributed by atoms with van der Waals surface area (Å²) in [6.07, 6.45) is 3.43. The molecule has 1 heterocycles. The summed E-state index contributed by atoms with van der Waals surface area (Å²) in [5.41, 5.74) is 0.731. The number of carbonyl (C=O) groups is 1. The lowest BCUT2D eigenvalue weighted by molar-refractivity contribution is 0.197. The Kier molecular flexibility index (Phi) is 4.93. The van der Waals surface area contributed by atoms with Crippen LogP contribution in [-0.4, -0.2) is 48.6 Å². The van der Waals surface area contributed by atoms with Crippen LogP contribution in [0.25, 0.3) is 0 Å². The molecule has 2 aliphatic rings. The Hall–Kier alpha value is -1.62. The van der Waals surface area contributed by atoms with Crippen LogP contribution >= 0.6 is 0 Å². The normalized spacial score (nSPS) is 19.8. The highest BCUT2D eigenvalue weighted by Gasteiger charge is 2.24. The van der Waals surface area contributed by atoms with E-state index in [1.165, 1.54) is 18.9 Å². The number of halogens is 1. The molecule has 120 valence electrons. The van der Waals surface area contributed by atoms with E-state index in [0.717, 1.165) is 38.2 Å². The first-order chi connectivity index (χ1) is 10.7. The van der Waals surface area contributed by atoms with Crippen LogP contribution in [0.5, 0.6) is 0 Å². The van der Waals surface area contributed by atoms with E-state index in [2.05, 4.69) is 10.2 Å². The predicted octanol–water partition coefficient (Wildman–Crippen LogP) is 2.45. The second-order valence-electron chi connectivity index (χ2n) is 6.34. The number of hydrogen-bond acceptors (Lipinski definition) is 2. The maximum absolute atomic E-state index is 13.7. The molecule has 1 N–H and O–H groups in total. The fourth-order valence-electron chi connectivity index (χ4n) is 2.87. The highest BCUT2D eigenvalue weighted by atomic mass is 19.1. The van der Waals surface area contributed by atoms with Crippen molar-refractivity contribution in [2.75, 3.05) is 32.7 Å². The Morgan fingerprint density at radius 1 is 1.18 bits per heavy atom. The molecule has 3 rings (SSSR count). The summed E-state index contributed by atoms with van der Waals surface area (Å²) in [5.74, 6) is 0.555. The Morgan fingerprint density at radius 3 is 2.77 bits per heavy atom. The number of urea groups is 1. The summed E-state index contributed by atoms with van der Waals surface area (Å²) in [4.78, 5) is 16.3. The molecule has 5 heteroatoms. The van der Waals surface area contributed by atoms with Gasteiger partial charge in [0.2, 0.25) is 0 Å². The molecule has 1 aromatic carbocycles. The molecule has 1 aliphatic carbocycles. The summed E-state index contributed by atoms with van der Waals surface area (Å²) in [6.45, 7) is 4.62. The SMILES string of the molecule is O=C(NCC1CC1)N1CCCN(Cc2ccccc2F)CC1. The molecule has 0 atom stereocenters. The van der Waals surface area contributed by atoms with Gasteiger partial charge < -0.3 is 10.2 Å². The third kappa shape index (κ3) is 4.19. The van der Waals surface area contributed by atoms with Gasteiger partial charge in [0.15, 0.2) is 0 Å². The summed E-state index contributed by atoms with van der Waals surface area (Å²) in [6, 6.07) is 6.98. The molecule has 0 unspecified atom stereocenters. The van der Waals surface area contributed by atoms with E-state index in [-0.39, 0.29) is 11.8 Å². The van der Waals surface area contributed by atoms with Crippen LogP contribution in [0.4, 0.5) is 9.18 Å². The van der Waals surface area contributed by atoms with E-state index >= 15 is 0 Å². The molecule has 2 amide bonds. The van der Waals surface area contributed by atoms with Gasteiger partial charge in [0.1, 0.15) is 5.82 Å². The zero-order chi connectivity index (χ0) is 15.4. The summed E-state index contributed by atoms with van der Waals surface area (Å²) < 4.78 is 13.7. The Morgan fingerprint density at radius 2 is 2.00 bits per heavy atom. The molecule has 0 radical (unpaired) electrons. The number of rotatable bonds is 4. The highest BCUT2D eigenvalue weighted by molar-refractivity contribution is 5.74. The zero-order valence-electron chi connectivity index (χ0n) is 12.9. The predicted molar refractivity (Wildman–Crippen MR) is 84.0 cm³/mol. The number of benzene rings is 1. The number of carbonyl (C=O) groups excluding carboxylic acids is 1. The third-order valence-electron chi connectivity index (χ3n) is 4.47. The molecule has 0 aromatic heterocycles. The second-order valence-corrected chi connectivity index (χ2v) is 6.34. The maximum atomic E-state index is 13.7. The molecular formula is C17H24FN3O. The first-order valence-corrected chi connectivity index (χ1v) is 8.21. The molecule has 0 bridgehead atoms. The van der Waals surface area contributed by atoms with Gasteiger partial charge in [-0.25, -0.2) is 9.18 Å². The van der Waals surface area contributed by atoms with Crippen molar-refractivity contribution in [2.24, 2.45) is 5.92 Å². The molecule has 1 saturated carbocycles. The van der Waals surface area contributed by atoms with Crippen molar-refractivity contribution in [3.63, 3.8) is 0 Å². The molecule has 22 heavy (non-hydrogen) atoms. The van der Waals surface area contributed by atoms with Crippen LogP contribution in [0, 0.1) is 11.7 Å². The van der Waals surface area contributed by atoms with Crippen LogP contribution < -0.4 is 5.32 Å². The molecule has 1 saturated heterocycles. The van der Waals surface area contributed by atoms with Crippen molar-refractivity contribution in [3.05, 3.63) is 35.6 Å². The average Bonchev–Trinajstić information content (AvgIpc) is 3.34. The van der Waals surface area contributed by atoms with E-state index < -0.39 is 0 Å². The number of amides is 2. The first-order valence-electron chi connectivity index (χ1n) is 8.21. The molecule has 0 spiro atoms. The van der Waals surface area contributed by atoms with Crippen molar-refractivity contribution in [1.29, 1.82) is 0 Å². The van der Waals surface area contributed by atoms with Crippen molar-refractivity contribution >= 4 is 6.03 Å². The van der Waals surface area contributed by atoms with Crippen LogP contribution in [-0.2, 0) is 6.54 Å². The lowest BCUT2D eigenvalue weighted by Crippen LogP contribution is -2.42. The van der Waals surface area contributed by atoms with E-state index in [1.54, 1.807) is 6.07 Å². The van der Waals surface area contributed by atoms with E-state index in [1.807, 2.05) is 17.0 Å². The first kappa shape index (κ1) is 15.3. The Bertz CT molecular complexity index is 518. The highest BCUT2D eigenvalue weighted by Crippen LogP contribution is 2.27. The van der Waals surface area contributed by atoms with Gasteiger partial charge in [0, 0.05) is 44.8 Å². The summed E-state index contributed by atoms with van der Waals surface area (Å²) >= 11 is 0. The largest absolute Gasteiger partial charge is 0.338 e. The molecule has 1 aliphatic heterocycles. The van der Waals surface area contributed by atoms with Crippen LogP contribution in [0.2, 0.25) is 0 Å². The number of hydrogen-bond donors (Lipinski definition) is 1. The quantitative estimate of drug-likeness (QED) is 0.927. The lowest BCUT2D eigenvalue weighted by Gasteiger charge is -2.22. The van der Waals surface area contributed by atoms with Gasteiger partial charge in [-0.05, 0) is 31.2 Å². The minimum atomic E-state index is -0.147. The van der Waals surface area contributed by atoms with E-state index in [4.69, 9.17) is 0 Å². The fourth-order valence-corrected chi connectivity index (χ4v) is 2.87. The Labute approximate surface area is 131 Å². The third-order valence-corrected chi connectivity index (χ3v) is 4.47. The van der Waals surface area contributed by atoms with Gasteiger partial charge >= 0.3 is 6.03 Å². The van der Waals surface area contributed by atoms with Crippen molar-refractivity contribution in [3.8, 4) is 0 Å². The maximum Gasteiger partial charge on any atom is 0.317 e. The average molecular weight is 305 g/mol. The van der Waals surface area contributed by atoms with Crippen molar-refractivity contribution < 1.29 is 9.18 Å². The number of nitrogens with one attached hydrogen (secondary N) is 1. The smallest absolute Gasteiger partial charge is 0.317 e. The minimum absolute atomic E-state index is 0.0552. The monoisotopic (exact) mass is 305 g/mol. The van der Waals surface area contributed by atoms with Gasteiger partial charge in [0.05, 0.1) is 0 Å². The fraction of sp³-hybridized carbons (Fsp3) is 0.588. The van der Waals surface area contributed by atoms with Crippen molar-refractivity contribution in [2.45, 2.75) is 25.8 Å². The van der Waals surface area contributed by atoms with Gasteiger partial charge in [-0.2, -0.15) is 0 Å². The molecule has 2 fully saturated rings. The van der Waals surface area contributed by atoms with Crippen molar-refractivity contribution in [1.82, 2.24) is 15.1 Å². The second kappa shape index (κ2) is 7.09. The van der Waals surface area contributed by atoms with Crippen LogP contribution in [0.3, 0.4) is 0 Å².